The van der Waals surface area contributed by atoms with Gasteiger partial charge in [-0.15, -0.1) is 0 Å². The van der Waals surface area contributed by atoms with Crippen molar-refractivity contribution in [3.05, 3.63) is 0 Å². The SMILES string of the molecule is CCOC(=O)CCCCCNC(C)C(=O)NC. The number of hydrogen-bond donors (Lipinski definition) is 2. The Morgan fingerprint density at radius 1 is 1.24 bits per heavy atom. The first-order valence-electron chi connectivity index (χ1n) is 6.22. The lowest BCUT2D eigenvalue weighted by Gasteiger charge is -2.11. The minimum Gasteiger partial charge on any atom is -0.466 e. The van der Waals surface area contributed by atoms with Crippen molar-refractivity contribution < 1.29 is 14.3 Å². The lowest BCUT2D eigenvalue weighted by molar-refractivity contribution is -0.143. The molecular formula is C12H24N2O3. The highest BCUT2D eigenvalue weighted by atomic mass is 16.5. The van der Waals surface area contributed by atoms with Crippen LogP contribution in [0.3, 0.4) is 0 Å². The van der Waals surface area contributed by atoms with Crippen molar-refractivity contribution in [1.29, 1.82) is 0 Å². The molecule has 0 aliphatic rings. The first kappa shape index (κ1) is 15.9. The predicted molar refractivity (Wildman–Crippen MR) is 66.6 cm³/mol. The molecule has 1 amide bonds. The zero-order chi connectivity index (χ0) is 13.1. The van der Waals surface area contributed by atoms with Crippen molar-refractivity contribution in [2.24, 2.45) is 0 Å². The summed E-state index contributed by atoms with van der Waals surface area (Å²) in [4.78, 5) is 22.2. The Bertz CT molecular complexity index is 232. The van der Waals surface area contributed by atoms with E-state index >= 15 is 0 Å². The van der Waals surface area contributed by atoms with E-state index in [1.165, 1.54) is 0 Å². The predicted octanol–water partition coefficient (Wildman–Crippen LogP) is 0.834. The molecule has 0 aromatic heterocycles. The van der Waals surface area contributed by atoms with E-state index in [1.54, 1.807) is 7.05 Å². The number of amides is 1. The Kier molecular flexibility index (Phi) is 9.43. The molecule has 5 heteroatoms. The zero-order valence-electron chi connectivity index (χ0n) is 11.0. The van der Waals surface area contributed by atoms with Crippen molar-refractivity contribution in [2.75, 3.05) is 20.2 Å². The van der Waals surface area contributed by atoms with Gasteiger partial charge in [-0.25, -0.2) is 0 Å². The molecule has 17 heavy (non-hydrogen) atoms. The molecule has 0 aromatic carbocycles. The van der Waals surface area contributed by atoms with Gasteiger partial charge in [0.25, 0.3) is 0 Å². The third-order valence-electron chi connectivity index (χ3n) is 2.45. The van der Waals surface area contributed by atoms with Gasteiger partial charge in [0.1, 0.15) is 0 Å². The van der Waals surface area contributed by atoms with Gasteiger partial charge >= 0.3 is 5.97 Å². The van der Waals surface area contributed by atoms with Gasteiger partial charge in [0, 0.05) is 13.5 Å². The summed E-state index contributed by atoms with van der Waals surface area (Å²) in [6, 6.07) is -0.162. The van der Waals surface area contributed by atoms with E-state index in [1.807, 2.05) is 13.8 Å². The number of likely N-dealkylation sites (N-methyl/N-ethyl adjacent to an activating group) is 1. The number of ether oxygens (including phenoxy) is 1. The number of nitrogens with one attached hydrogen (secondary N) is 2. The Morgan fingerprint density at radius 3 is 2.53 bits per heavy atom. The van der Waals surface area contributed by atoms with Crippen LogP contribution in [0, 0.1) is 0 Å². The molecular weight excluding hydrogens is 220 g/mol. The van der Waals surface area contributed by atoms with Crippen molar-refractivity contribution in [3.8, 4) is 0 Å². The fourth-order valence-electron chi connectivity index (χ4n) is 1.43. The molecule has 0 saturated heterocycles. The van der Waals surface area contributed by atoms with Crippen LogP contribution in [0.25, 0.3) is 0 Å². The normalized spacial score (nSPS) is 11.9. The number of hydrogen-bond acceptors (Lipinski definition) is 4. The van der Waals surface area contributed by atoms with Gasteiger partial charge in [-0.2, -0.15) is 0 Å². The molecule has 0 fully saturated rings. The average Bonchev–Trinajstić information content (AvgIpc) is 2.32. The summed E-state index contributed by atoms with van der Waals surface area (Å²) in [5, 5.41) is 5.70. The van der Waals surface area contributed by atoms with E-state index in [9.17, 15) is 9.59 Å². The van der Waals surface area contributed by atoms with Gasteiger partial charge in [0.15, 0.2) is 0 Å². The summed E-state index contributed by atoms with van der Waals surface area (Å²) in [6.45, 7) is 4.88. The molecule has 0 aliphatic heterocycles. The van der Waals surface area contributed by atoms with Gasteiger partial charge < -0.3 is 15.4 Å². The van der Waals surface area contributed by atoms with Gasteiger partial charge in [-0.3, -0.25) is 9.59 Å². The third kappa shape index (κ3) is 8.68. The van der Waals surface area contributed by atoms with E-state index < -0.39 is 0 Å². The second kappa shape index (κ2) is 10.1. The molecule has 0 saturated carbocycles. The van der Waals surface area contributed by atoms with E-state index in [2.05, 4.69) is 10.6 Å². The number of carbonyl (C=O) groups is 2. The zero-order valence-corrected chi connectivity index (χ0v) is 11.0. The first-order chi connectivity index (χ1) is 8.11. The summed E-state index contributed by atoms with van der Waals surface area (Å²) in [7, 11) is 1.62. The molecule has 0 aromatic rings. The Morgan fingerprint density at radius 2 is 1.94 bits per heavy atom. The molecule has 0 bridgehead atoms. The molecule has 0 spiro atoms. The molecule has 2 N–H and O–H groups in total. The van der Waals surface area contributed by atoms with E-state index in [0.29, 0.717) is 13.0 Å². The molecule has 1 unspecified atom stereocenters. The summed E-state index contributed by atoms with van der Waals surface area (Å²) >= 11 is 0. The third-order valence-corrected chi connectivity index (χ3v) is 2.45. The van der Waals surface area contributed by atoms with Crippen molar-refractivity contribution in [2.45, 2.75) is 45.6 Å². The molecule has 0 heterocycles. The van der Waals surface area contributed by atoms with Crippen LogP contribution in [-0.2, 0) is 14.3 Å². The molecule has 0 radical (unpaired) electrons. The van der Waals surface area contributed by atoms with Crippen LogP contribution in [0.4, 0.5) is 0 Å². The highest BCUT2D eigenvalue weighted by Gasteiger charge is 2.08. The number of unbranched alkanes of at least 4 members (excludes halogenated alkanes) is 2. The fourth-order valence-corrected chi connectivity index (χ4v) is 1.43. The van der Waals surface area contributed by atoms with Gasteiger partial charge in [-0.05, 0) is 33.2 Å². The van der Waals surface area contributed by atoms with Crippen molar-refractivity contribution >= 4 is 11.9 Å². The fraction of sp³-hybridized carbons (Fsp3) is 0.833. The van der Waals surface area contributed by atoms with Crippen LogP contribution < -0.4 is 10.6 Å². The Hall–Kier alpha value is -1.10. The highest BCUT2D eigenvalue weighted by Crippen LogP contribution is 2.00. The minimum atomic E-state index is -0.162. The molecule has 5 nitrogen and oxygen atoms in total. The standard InChI is InChI=1S/C12H24N2O3/c1-4-17-11(15)8-6-5-7-9-14-10(2)12(16)13-3/h10,14H,4-9H2,1-3H3,(H,13,16). The summed E-state index contributed by atoms with van der Waals surface area (Å²) in [5.41, 5.74) is 0. The van der Waals surface area contributed by atoms with Crippen LogP contribution in [0.2, 0.25) is 0 Å². The smallest absolute Gasteiger partial charge is 0.305 e. The van der Waals surface area contributed by atoms with E-state index in [0.717, 1.165) is 25.8 Å². The number of rotatable bonds is 9. The molecule has 1 atom stereocenters. The lowest BCUT2D eigenvalue weighted by Crippen LogP contribution is -2.40. The van der Waals surface area contributed by atoms with Crippen LogP contribution in [0.15, 0.2) is 0 Å². The monoisotopic (exact) mass is 244 g/mol. The van der Waals surface area contributed by atoms with E-state index in [-0.39, 0.29) is 17.9 Å². The number of carbonyl (C=O) groups excluding carboxylic acids is 2. The molecule has 100 valence electrons. The summed E-state index contributed by atoms with van der Waals surface area (Å²) < 4.78 is 4.83. The van der Waals surface area contributed by atoms with Crippen LogP contribution in [0.1, 0.15) is 39.5 Å². The maximum Gasteiger partial charge on any atom is 0.305 e. The Balaban J connectivity index is 3.35. The van der Waals surface area contributed by atoms with Gasteiger partial charge in [-0.1, -0.05) is 6.42 Å². The van der Waals surface area contributed by atoms with Crippen LogP contribution >= 0.6 is 0 Å². The minimum absolute atomic E-state index is 0.00322. The first-order valence-corrected chi connectivity index (χ1v) is 6.22. The molecule has 0 aliphatic carbocycles. The largest absolute Gasteiger partial charge is 0.466 e. The Labute approximate surface area is 103 Å². The topological polar surface area (TPSA) is 67.4 Å². The van der Waals surface area contributed by atoms with Gasteiger partial charge in [0.05, 0.1) is 12.6 Å². The number of esters is 1. The quantitative estimate of drug-likeness (QED) is 0.466. The molecule has 0 rings (SSSR count). The van der Waals surface area contributed by atoms with Crippen molar-refractivity contribution in [1.82, 2.24) is 10.6 Å². The second-order valence-corrected chi connectivity index (χ2v) is 3.91. The van der Waals surface area contributed by atoms with E-state index in [4.69, 9.17) is 4.74 Å². The van der Waals surface area contributed by atoms with Crippen LogP contribution in [0.5, 0.6) is 0 Å². The maximum absolute atomic E-state index is 11.2. The summed E-state index contributed by atoms with van der Waals surface area (Å²) in [6.07, 6.45) is 3.25. The lowest BCUT2D eigenvalue weighted by atomic mass is 10.2. The second-order valence-electron chi connectivity index (χ2n) is 3.91. The van der Waals surface area contributed by atoms with Crippen LogP contribution in [-0.4, -0.2) is 38.1 Å². The summed E-state index contributed by atoms with van der Waals surface area (Å²) in [5.74, 6) is -0.129. The average molecular weight is 244 g/mol. The highest BCUT2D eigenvalue weighted by molar-refractivity contribution is 5.80. The maximum atomic E-state index is 11.2. The van der Waals surface area contributed by atoms with Crippen molar-refractivity contribution in [3.63, 3.8) is 0 Å². The van der Waals surface area contributed by atoms with Gasteiger partial charge in [0.2, 0.25) is 5.91 Å².